The largest absolute Gasteiger partial charge is 0.494 e. The number of non-ortho nitro benzene ring substituents is 1. The van der Waals surface area contributed by atoms with Crippen molar-refractivity contribution in [1.82, 2.24) is 5.43 Å². The molecule has 0 fully saturated rings. The minimum Gasteiger partial charge on any atom is -0.494 e. The lowest BCUT2D eigenvalue weighted by atomic mass is 9.97. The number of rotatable bonds is 7. The van der Waals surface area contributed by atoms with Crippen molar-refractivity contribution in [2.45, 2.75) is 33.6 Å². The van der Waals surface area contributed by atoms with Crippen LogP contribution in [0.3, 0.4) is 0 Å². The fourth-order valence-electron chi connectivity index (χ4n) is 3.06. The van der Waals surface area contributed by atoms with Crippen LogP contribution >= 0.6 is 0 Å². The zero-order valence-electron chi connectivity index (χ0n) is 17.3. The highest BCUT2D eigenvalue weighted by molar-refractivity contribution is 5.97. The number of nitro groups is 1. The zero-order valence-corrected chi connectivity index (χ0v) is 17.3. The molecule has 0 bridgehead atoms. The average Bonchev–Trinajstić information content (AvgIpc) is 3.12. The molecule has 8 heteroatoms. The van der Waals surface area contributed by atoms with Gasteiger partial charge in [0.15, 0.2) is 5.76 Å². The van der Waals surface area contributed by atoms with Crippen molar-refractivity contribution in [1.29, 1.82) is 0 Å². The number of ether oxygens (including phenoxy) is 1. The van der Waals surface area contributed by atoms with Crippen molar-refractivity contribution in [3.63, 3.8) is 0 Å². The maximum atomic E-state index is 12.4. The summed E-state index contributed by atoms with van der Waals surface area (Å²) >= 11 is 0. The number of furan rings is 1. The van der Waals surface area contributed by atoms with Gasteiger partial charge in [-0.2, -0.15) is 5.10 Å². The summed E-state index contributed by atoms with van der Waals surface area (Å²) in [4.78, 5) is 22.7. The maximum absolute atomic E-state index is 12.4. The standard InChI is InChI=1S/C22H23N3O5/c1-5-29-20-8-14(4)16(10-18(20)13(2)3)12-23-24-22(26)21-11-15-9-17(25(27)28)6-7-19(15)30-21/h6-13H,5H2,1-4H3,(H,24,26)/b23-12-. The van der Waals surface area contributed by atoms with E-state index in [0.29, 0.717) is 17.6 Å². The summed E-state index contributed by atoms with van der Waals surface area (Å²) in [6.07, 6.45) is 1.57. The Morgan fingerprint density at radius 2 is 2.07 bits per heavy atom. The molecular weight excluding hydrogens is 386 g/mol. The summed E-state index contributed by atoms with van der Waals surface area (Å²) in [6.45, 7) is 8.65. The van der Waals surface area contributed by atoms with Crippen molar-refractivity contribution >= 4 is 28.8 Å². The average molecular weight is 409 g/mol. The van der Waals surface area contributed by atoms with Crippen molar-refractivity contribution in [3.05, 3.63) is 69.0 Å². The molecule has 30 heavy (non-hydrogen) atoms. The lowest BCUT2D eigenvalue weighted by molar-refractivity contribution is -0.384. The van der Waals surface area contributed by atoms with Crippen LogP contribution in [0, 0.1) is 17.0 Å². The molecule has 1 aromatic heterocycles. The molecule has 156 valence electrons. The molecular formula is C22H23N3O5. The van der Waals surface area contributed by atoms with Crippen LogP contribution in [0.25, 0.3) is 11.0 Å². The topological polar surface area (TPSA) is 107 Å². The Bertz CT molecular complexity index is 1130. The molecule has 0 aliphatic heterocycles. The number of fused-ring (bicyclic) bond motifs is 1. The van der Waals surface area contributed by atoms with E-state index >= 15 is 0 Å². The number of hydrogen-bond donors (Lipinski definition) is 1. The molecule has 3 rings (SSSR count). The van der Waals surface area contributed by atoms with E-state index in [1.807, 2.05) is 26.0 Å². The zero-order chi connectivity index (χ0) is 21.8. The smallest absolute Gasteiger partial charge is 0.307 e. The maximum Gasteiger partial charge on any atom is 0.307 e. The molecule has 0 spiro atoms. The molecule has 0 radical (unpaired) electrons. The minimum atomic E-state index is -0.544. The molecule has 8 nitrogen and oxygen atoms in total. The second kappa shape index (κ2) is 8.77. The van der Waals surface area contributed by atoms with Gasteiger partial charge in [-0.05, 0) is 60.7 Å². The van der Waals surface area contributed by atoms with Crippen LogP contribution in [0.5, 0.6) is 5.75 Å². The fourth-order valence-corrected chi connectivity index (χ4v) is 3.06. The van der Waals surface area contributed by atoms with Gasteiger partial charge in [-0.1, -0.05) is 13.8 Å². The van der Waals surface area contributed by atoms with Gasteiger partial charge in [-0.25, -0.2) is 5.43 Å². The highest BCUT2D eigenvalue weighted by Crippen LogP contribution is 2.29. The van der Waals surface area contributed by atoms with Crippen LogP contribution < -0.4 is 10.2 Å². The van der Waals surface area contributed by atoms with Crippen molar-refractivity contribution in [3.8, 4) is 5.75 Å². The lowest BCUT2D eigenvalue weighted by Gasteiger charge is -2.15. The first-order valence-corrected chi connectivity index (χ1v) is 9.58. The fraction of sp³-hybridized carbons (Fsp3) is 0.273. The molecule has 0 aliphatic carbocycles. The monoisotopic (exact) mass is 409 g/mol. The summed E-state index contributed by atoms with van der Waals surface area (Å²) in [5.74, 6) is 0.600. The van der Waals surface area contributed by atoms with Crippen molar-refractivity contribution in [2.75, 3.05) is 6.61 Å². The van der Waals surface area contributed by atoms with Crippen molar-refractivity contribution < 1.29 is 18.9 Å². The Balaban J connectivity index is 1.78. The number of hydrazone groups is 1. The number of aryl methyl sites for hydroxylation is 1. The Morgan fingerprint density at radius 3 is 2.73 bits per heavy atom. The van der Waals surface area contributed by atoms with Gasteiger partial charge < -0.3 is 9.15 Å². The van der Waals surface area contributed by atoms with E-state index in [2.05, 4.69) is 24.4 Å². The van der Waals surface area contributed by atoms with E-state index in [9.17, 15) is 14.9 Å². The first-order valence-electron chi connectivity index (χ1n) is 9.58. The Hall–Kier alpha value is -3.68. The Labute approximate surface area is 173 Å². The van der Waals surface area contributed by atoms with Gasteiger partial charge >= 0.3 is 5.91 Å². The molecule has 0 unspecified atom stereocenters. The molecule has 2 aromatic carbocycles. The number of nitrogens with zero attached hydrogens (tertiary/aromatic N) is 2. The van der Waals surface area contributed by atoms with E-state index in [1.54, 1.807) is 6.21 Å². The molecule has 0 aliphatic rings. The van der Waals surface area contributed by atoms with Gasteiger partial charge in [-0.3, -0.25) is 14.9 Å². The molecule has 1 amide bonds. The van der Waals surface area contributed by atoms with Crippen LogP contribution in [-0.4, -0.2) is 23.7 Å². The highest BCUT2D eigenvalue weighted by Gasteiger charge is 2.15. The number of nitro benzene ring substituents is 1. The quantitative estimate of drug-likeness (QED) is 0.338. The second-order valence-electron chi connectivity index (χ2n) is 7.12. The summed E-state index contributed by atoms with van der Waals surface area (Å²) < 4.78 is 11.2. The van der Waals surface area contributed by atoms with Crippen LogP contribution in [-0.2, 0) is 0 Å². The van der Waals surface area contributed by atoms with Crippen molar-refractivity contribution in [2.24, 2.45) is 5.10 Å². The predicted octanol–water partition coefficient (Wildman–Crippen LogP) is 4.94. The number of amides is 1. The van der Waals surface area contributed by atoms with E-state index in [1.165, 1.54) is 24.3 Å². The van der Waals surface area contributed by atoms with E-state index in [4.69, 9.17) is 9.15 Å². The molecule has 0 saturated heterocycles. The van der Waals surface area contributed by atoms with Gasteiger partial charge in [0.1, 0.15) is 11.3 Å². The van der Waals surface area contributed by atoms with Gasteiger partial charge in [0, 0.05) is 17.5 Å². The predicted molar refractivity (Wildman–Crippen MR) is 114 cm³/mol. The highest BCUT2D eigenvalue weighted by atomic mass is 16.6. The third-order valence-electron chi connectivity index (χ3n) is 4.62. The van der Waals surface area contributed by atoms with Crippen LogP contribution in [0.1, 0.15) is 53.9 Å². The van der Waals surface area contributed by atoms with Gasteiger partial charge in [-0.15, -0.1) is 0 Å². The number of hydrogen-bond acceptors (Lipinski definition) is 6. The Morgan fingerprint density at radius 1 is 1.30 bits per heavy atom. The van der Waals surface area contributed by atoms with Crippen LogP contribution in [0.15, 0.2) is 45.9 Å². The third-order valence-corrected chi connectivity index (χ3v) is 4.62. The summed E-state index contributed by atoms with van der Waals surface area (Å²) in [6, 6.07) is 9.56. The second-order valence-corrected chi connectivity index (χ2v) is 7.12. The SMILES string of the molecule is CCOc1cc(C)c(/C=N\NC(=O)c2cc3cc([N+](=O)[O-])ccc3o2)cc1C(C)C. The molecule has 3 aromatic rings. The van der Waals surface area contributed by atoms with Gasteiger partial charge in [0.05, 0.1) is 17.7 Å². The first-order chi connectivity index (χ1) is 14.3. The molecule has 1 heterocycles. The Kier molecular flexibility index (Phi) is 6.15. The third kappa shape index (κ3) is 4.48. The summed E-state index contributed by atoms with van der Waals surface area (Å²) in [5, 5.41) is 15.4. The van der Waals surface area contributed by atoms with Gasteiger partial charge in [0.25, 0.3) is 5.69 Å². The molecule has 1 N–H and O–H groups in total. The number of carbonyl (C=O) groups is 1. The number of carbonyl (C=O) groups excluding carboxylic acids is 1. The minimum absolute atomic E-state index is 0.0222. The summed E-state index contributed by atoms with van der Waals surface area (Å²) in [5.41, 5.74) is 5.65. The first kappa shape index (κ1) is 21.0. The normalized spacial score (nSPS) is 11.4. The van der Waals surface area contributed by atoms with E-state index in [-0.39, 0.29) is 17.4 Å². The number of nitrogens with one attached hydrogen (secondary N) is 1. The molecule has 0 saturated carbocycles. The molecule has 0 atom stereocenters. The van der Waals surface area contributed by atoms with Crippen LogP contribution in [0.2, 0.25) is 0 Å². The van der Waals surface area contributed by atoms with Gasteiger partial charge in [0.2, 0.25) is 0 Å². The van der Waals surface area contributed by atoms with Crippen LogP contribution in [0.4, 0.5) is 5.69 Å². The number of benzene rings is 2. The lowest BCUT2D eigenvalue weighted by Crippen LogP contribution is -2.16. The van der Waals surface area contributed by atoms with E-state index < -0.39 is 10.8 Å². The van der Waals surface area contributed by atoms with E-state index in [0.717, 1.165) is 22.4 Å². The summed E-state index contributed by atoms with van der Waals surface area (Å²) in [7, 11) is 0.